The van der Waals surface area contributed by atoms with Crippen LogP contribution in [-0.2, 0) is 11.2 Å². The van der Waals surface area contributed by atoms with Crippen LogP contribution in [0.25, 0.3) is 0 Å². The predicted octanol–water partition coefficient (Wildman–Crippen LogP) is 4.47. The van der Waals surface area contributed by atoms with Gasteiger partial charge in [0.1, 0.15) is 5.75 Å². The van der Waals surface area contributed by atoms with Gasteiger partial charge in [-0.25, -0.2) is 0 Å². The van der Waals surface area contributed by atoms with Crippen LogP contribution in [-0.4, -0.2) is 20.3 Å². The molecule has 1 atom stereocenters. The second-order valence-electron chi connectivity index (χ2n) is 5.14. The molecule has 0 radical (unpaired) electrons. The fourth-order valence-electron chi connectivity index (χ4n) is 2.38. The van der Waals surface area contributed by atoms with Crippen LogP contribution in [0.5, 0.6) is 5.75 Å². The van der Waals surface area contributed by atoms with Gasteiger partial charge in [-0.05, 0) is 42.9 Å². The van der Waals surface area contributed by atoms with Crippen LogP contribution in [0.1, 0.15) is 45.1 Å². The van der Waals surface area contributed by atoms with Crippen molar-refractivity contribution in [3.63, 3.8) is 0 Å². The molecule has 0 saturated carbocycles. The second-order valence-corrected chi connectivity index (χ2v) is 5.14. The van der Waals surface area contributed by atoms with Crippen LogP contribution in [0.15, 0.2) is 24.3 Å². The molecule has 0 bridgehead atoms. The van der Waals surface area contributed by atoms with E-state index in [0.717, 1.165) is 31.8 Å². The van der Waals surface area contributed by atoms with Crippen LogP contribution in [0.2, 0.25) is 0 Å². The lowest BCUT2D eigenvalue weighted by atomic mass is 10.0. The lowest BCUT2D eigenvalue weighted by Crippen LogP contribution is -2.12. The van der Waals surface area contributed by atoms with E-state index in [4.69, 9.17) is 9.47 Å². The van der Waals surface area contributed by atoms with Gasteiger partial charge in [0.25, 0.3) is 0 Å². The minimum atomic E-state index is 0.619. The maximum absolute atomic E-state index is 5.86. The molecule has 1 aromatic rings. The first-order valence-corrected chi connectivity index (χ1v) is 7.50. The number of benzene rings is 1. The fraction of sp³-hybridized carbons (Fsp3) is 0.647. The third-order valence-electron chi connectivity index (χ3n) is 3.33. The molecule has 0 spiro atoms. The van der Waals surface area contributed by atoms with E-state index in [-0.39, 0.29) is 0 Å². The van der Waals surface area contributed by atoms with Crippen molar-refractivity contribution in [2.75, 3.05) is 20.3 Å². The Morgan fingerprint density at radius 3 is 2.63 bits per heavy atom. The highest BCUT2D eigenvalue weighted by molar-refractivity contribution is 5.28. The number of methoxy groups -OCH3 is 1. The first-order chi connectivity index (χ1) is 9.30. The lowest BCUT2D eigenvalue weighted by molar-refractivity contribution is 0.131. The lowest BCUT2D eigenvalue weighted by Gasteiger charge is -2.15. The van der Waals surface area contributed by atoms with E-state index in [2.05, 4.69) is 32.0 Å². The minimum absolute atomic E-state index is 0.619. The van der Waals surface area contributed by atoms with Crippen LogP contribution >= 0.6 is 0 Å². The normalized spacial score (nSPS) is 12.4. The van der Waals surface area contributed by atoms with Gasteiger partial charge in [0.2, 0.25) is 0 Å². The van der Waals surface area contributed by atoms with E-state index in [9.17, 15) is 0 Å². The zero-order chi connectivity index (χ0) is 13.9. The van der Waals surface area contributed by atoms with E-state index in [1.165, 1.54) is 24.8 Å². The smallest absolute Gasteiger partial charge is 0.119 e. The highest BCUT2D eigenvalue weighted by Gasteiger charge is 2.07. The van der Waals surface area contributed by atoms with Crippen molar-refractivity contribution in [2.24, 2.45) is 5.92 Å². The maximum atomic E-state index is 5.86. The summed E-state index contributed by atoms with van der Waals surface area (Å²) in [6.07, 6.45) is 5.79. The molecule has 1 unspecified atom stereocenters. The van der Waals surface area contributed by atoms with Gasteiger partial charge >= 0.3 is 0 Å². The van der Waals surface area contributed by atoms with E-state index < -0.39 is 0 Å². The van der Waals surface area contributed by atoms with Crippen LogP contribution in [0.4, 0.5) is 0 Å². The molecule has 0 aromatic heterocycles. The first-order valence-electron chi connectivity index (χ1n) is 7.50. The van der Waals surface area contributed by atoms with Gasteiger partial charge in [-0.1, -0.05) is 38.8 Å². The Kier molecular flexibility index (Phi) is 8.31. The molecule has 0 saturated heterocycles. The first kappa shape index (κ1) is 16.0. The molecule has 19 heavy (non-hydrogen) atoms. The predicted molar refractivity (Wildman–Crippen MR) is 80.8 cm³/mol. The van der Waals surface area contributed by atoms with Crippen molar-refractivity contribution in [3.8, 4) is 5.75 Å². The van der Waals surface area contributed by atoms with Gasteiger partial charge in [-0.2, -0.15) is 0 Å². The van der Waals surface area contributed by atoms with Gasteiger partial charge in [0, 0.05) is 13.7 Å². The summed E-state index contributed by atoms with van der Waals surface area (Å²) in [6, 6.07) is 8.46. The Hall–Kier alpha value is -1.02. The second kappa shape index (κ2) is 9.85. The van der Waals surface area contributed by atoms with Gasteiger partial charge < -0.3 is 9.47 Å². The zero-order valence-electron chi connectivity index (χ0n) is 12.7. The standard InChI is InChI=1S/C17H28O2/c1-4-7-15-9-6-10-17(13-15)19-12-11-16(8-5-2)14-18-3/h6,9-10,13,16H,4-5,7-8,11-12,14H2,1-3H3. The highest BCUT2D eigenvalue weighted by atomic mass is 16.5. The van der Waals surface area contributed by atoms with Crippen molar-refractivity contribution in [1.82, 2.24) is 0 Å². The molecule has 1 aromatic carbocycles. The molecular weight excluding hydrogens is 236 g/mol. The average Bonchev–Trinajstić information content (AvgIpc) is 2.40. The Morgan fingerprint density at radius 1 is 1.11 bits per heavy atom. The number of ether oxygens (including phenoxy) is 2. The number of rotatable bonds is 10. The van der Waals surface area contributed by atoms with Gasteiger partial charge in [0.05, 0.1) is 6.61 Å². The van der Waals surface area contributed by atoms with E-state index >= 15 is 0 Å². The molecule has 0 fully saturated rings. The van der Waals surface area contributed by atoms with E-state index in [1.807, 2.05) is 6.07 Å². The van der Waals surface area contributed by atoms with Crippen LogP contribution in [0.3, 0.4) is 0 Å². The number of aryl methyl sites for hydroxylation is 1. The van der Waals surface area contributed by atoms with E-state index in [1.54, 1.807) is 7.11 Å². The zero-order valence-corrected chi connectivity index (χ0v) is 12.7. The van der Waals surface area contributed by atoms with Gasteiger partial charge in [-0.3, -0.25) is 0 Å². The minimum Gasteiger partial charge on any atom is -0.494 e. The molecule has 0 N–H and O–H groups in total. The van der Waals surface area contributed by atoms with Crippen molar-refractivity contribution < 1.29 is 9.47 Å². The maximum Gasteiger partial charge on any atom is 0.119 e. The Morgan fingerprint density at radius 2 is 1.95 bits per heavy atom. The summed E-state index contributed by atoms with van der Waals surface area (Å²) in [5, 5.41) is 0. The Bertz CT molecular complexity index is 330. The molecule has 0 heterocycles. The fourth-order valence-corrected chi connectivity index (χ4v) is 2.38. The largest absolute Gasteiger partial charge is 0.494 e. The summed E-state index contributed by atoms with van der Waals surface area (Å²) < 4.78 is 11.1. The molecule has 0 aliphatic rings. The quantitative estimate of drug-likeness (QED) is 0.620. The molecule has 0 amide bonds. The van der Waals surface area contributed by atoms with Crippen molar-refractivity contribution in [1.29, 1.82) is 0 Å². The van der Waals surface area contributed by atoms with Crippen molar-refractivity contribution in [2.45, 2.75) is 46.0 Å². The average molecular weight is 264 g/mol. The monoisotopic (exact) mass is 264 g/mol. The number of hydrogen-bond donors (Lipinski definition) is 0. The Balaban J connectivity index is 2.36. The third kappa shape index (κ3) is 6.63. The van der Waals surface area contributed by atoms with Crippen molar-refractivity contribution in [3.05, 3.63) is 29.8 Å². The summed E-state index contributed by atoms with van der Waals surface area (Å²) in [5.74, 6) is 1.62. The molecule has 0 aliphatic carbocycles. The third-order valence-corrected chi connectivity index (χ3v) is 3.33. The molecule has 0 aliphatic heterocycles. The molecular formula is C17H28O2. The summed E-state index contributed by atoms with van der Waals surface area (Å²) in [6.45, 7) is 6.04. The molecule has 108 valence electrons. The van der Waals surface area contributed by atoms with E-state index in [0.29, 0.717) is 5.92 Å². The topological polar surface area (TPSA) is 18.5 Å². The summed E-state index contributed by atoms with van der Waals surface area (Å²) in [4.78, 5) is 0. The van der Waals surface area contributed by atoms with Crippen LogP contribution in [0, 0.1) is 5.92 Å². The van der Waals surface area contributed by atoms with Crippen molar-refractivity contribution >= 4 is 0 Å². The summed E-state index contributed by atoms with van der Waals surface area (Å²) in [5.41, 5.74) is 1.36. The molecule has 2 heteroatoms. The number of hydrogen-bond acceptors (Lipinski definition) is 2. The van der Waals surface area contributed by atoms with Crippen LogP contribution < -0.4 is 4.74 Å². The summed E-state index contributed by atoms with van der Waals surface area (Å²) >= 11 is 0. The molecule has 2 nitrogen and oxygen atoms in total. The molecule has 1 rings (SSSR count). The summed E-state index contributed by atoms with van der Waals surface area (Å²) in [7, 11) is 1.78. The highest BCUT2D eigenvalue weighted by Crippen LogP contribution is 2.17. The van der Waals surface area contributed by atoms with Gasteiger partial charge in [-0.15, -0.1) is 0 Å². The SMILES string of the molecule is CCCc1cccc(OCCC(CCC)COC)c1. The van der Waals surface area contributed by atoms with Gasteiger partial charge in [0.15, 0.2) is 0 Å². The Labute approximate surface area is 118 Å².